The number of esters is 1. The Balaban J connectivity index is 2.20. The molecule has 0 amide bonds. The third-order valence-corrected chi connectivity index (χ3v) is 2.97. The molecule has 96 valence electrons. The number of imidazole rings is 1. The number of aromatic nitrogens is 2. The molecule has 0 atom stereocenters. The molecule has 0 radical (unpaired) electrons. The van der Waals surface area contributed by atoms with Crippen LogP contribution in [0.2, 0.25) is 0 Å². The van der Waals surface area contributed by atoms with Crippen molar-refractivity contribution in [3.63, 3.8) is 0 Å². The first-order valence-electron chi connectivity index (χ1n) is 6.31. The molecule has 4 heteroatoms. The highest BCUT2D eigenvalue weighted by molar-refractivity contribution is 5.93. The number of fused-ring (bicyclic) bond motifs is 1. The van der Waals surface area contributed by atoms with Crippen LogP contribution in [0.1, 0.15) is 42.4 Å². The number of ether oxygens (including phenoxy) is 1. The fraction of sp³-hybridized carbons (Fsp3) is 0.429. The number of hydrogen-bond donors (Lipinski definition) is 1. The highest BCUT2D eigenvalue weighted by Gasteiger charge is 2.08. The summed E-state index contributed by atoms with van der Waals surface area (Å²) in [5, 5.41) is 0. The smallest absolute Gasteiger partial charge is 0.337 e. The minimum Gasteiger partial charge on any atom is -0.465 e. The van der Waals surface area contributed by atoms with Gasteiger partial charge in [0, 0.05) is 6.42 Å². The van der Waals surface area contributed by atoms with Gasteiger partial charge in [-0.1, -0.05) is 19.8 Å². The number of unbranched alkanes of at least 4 members (excludes halogenated alkanes) is 2. The van der Waals surface area contributed by atoms with Gasteiger partial charge < -0.3 is 9.72 Å². The largest absolute Gasteiger partial charge is 0.465 e. The lowest BCUT2D eigenvalue weighted by atomic mass is 10.2. The maximum Gasteiger partial charge on any atom is 0.337 e. The average Bonchev–Trinajstić information content (AvgIpc) is 2.79. The van der Waals surface area contributed by atoms with Gasteiger partial charge in [-0.2, -0.15) is 0 Å². The van der Waals surface area contributed by atoms with Gasteiger partial charge in [-0.05, 0) is 24.6 Å². The van der Waals surface area contributed by atoms with Gasteiger partial charge in [-0.25, -0.2) is 9.78 Å². The number of methoxy groups -OCH3 is 1. The first kappa shape index (κ1) is 12.6. The van der Waals surface area contributed by atoms with Gasteiger partial charge in [0.2, 0.25) is 0 Å². The van der Waals surface area contributed by atoms with Gasteiger partial charge in [-0.3, -0.25) is 0 Å². The molecule has 0 bridgehead atoms. The van der Waals surface area contributed by atoms with Gasteiger partial charge in [0.1, 0.15) is 5.82 Å². The van der Waals surface area contributed by atoms with E-state index in [9.17, 15) is 4.79 Å². The molecule has 1 aromatic carbocycles. The number of nitrogens with zero attached hydrogens (tertiary/aromatic N) is 1. The molecular weight excluding hydrogens is 228 g/mol. The highest BCUT2D eigenvalue weighted by atomic mass is 16.5. The van der Waals surface area contributed by atoms with Crippen molar-refractivity contribution in [1.29, 1.82) is 0 Å². The molecule has 0 saturated carbocycles. The predicted molar refractivity (Wildman–Crippen MR) is 70.7 cm³/mol. The normalized spacial score (nSPS) is 10.8. The summed E-state index contributed by atoms with van der Waals surface area (Å²) in [5.41, 5.74) is 2.34. The number of aryl methyl sites for hydroxylation is 1. The Labute approximate surface area is 106 Å². The minimum atomic E-state index is -0.320. The summed E-state index contributed by atoms with van der Waals surface area (Å²) < 4.78 is 4.70. The summed E-state index contributed by atoms with van der Waals surface area (Å²) in [6, 6.07) is 5.38. The van der Waals surface area contributed by atoms with E-state index >= 15 is 0 Å². The lowest BCUT2D eigenvalue weighted by Crippen LogP contribution is -2.00. The Morgan fingerprint density at radius 3 is 2.94 bits per heavy atom. The van der Waals surface area contributed by atoms with E-state index in [1.807, 2.05) is 6.07 Å². The number of H-pyrrole nitrogens is 1. The summed E-state index contributed by atoms with van der Waals surface area (Å²) in [6.07, 6.45) is 4.51. The van der Waals surface area contributed by atoms with E-state index in [0.29, 0.717) is 5.56 Å². The van der Waals surface area contributed by atoms with E-state index in [-0.39, 0.29) is 5.97 Å². The Bertz CT molecular complexity index is 546. The lowest BCUT2D eigenvalue weighted by molar-refractivity contribution is 0.0601. The average molecular weight is 246 g/mol. The van der Waals surface area contributed by atoms with Crippen LogP contribution < -0.4 is 0 Å². The summed E-state index contributed by atoms with van der Waals surface area (Å²) in [4.78, 5) is 19.2. The zero-order valence-corrected chi connectivity index (χ0v) is 10.8. The Hall–Kier alpha value is -1.84. The molecule has 1 aromatic heterocycles. The lowest BCUT2D eigenvalue weighted by Gasteiger charge is -1.97. The van der Waals surface area contributed by atoms with Crippen LogP contribution in [0.5, 0.6) is 0 Å². The van der Waals surface area contributed by atoms with E-state index in [2.05, 4.69) is 16.9 Å². The van der Waals surface area contributed by atoms with Crippen molar-refractivity contribution >= 4 is 17.0 Å². The van der Waals surface area contributed by atoms with Gasteiger partial charge >= 0.3 is 5.97 Å². The van der Waals surface area contributed by atoms with E-state index in [4.69, 9.17) is 4.74 Å². The molecule has 0 aliphatic rings. The number of hydrogen-bond acceptors (Lipinski definition) is 3. The predicted octanol–water partition coefficient (Wildman–Crippen LogP) is 3.08. The third kappa shape index (κ3) is 2.70. The van der Waals surface area contributed by atoms with Crippen molar-refractivity contribution in [2.75, 3.05) is 7.11 Å². The summed E-state index contributed by atoms with van der Waals surface area (Å²) in [7, 11) is 1.38. The summed E-state index contributed by atoms with van der Waals surface area (Å²) in [6.45, 7) is 2.18. The van der Waals surface area contributed by atoms with Crippen LogP contribution >= 0.6 is 0 Å². The topological polar surface area (TPSA) is 55.0 Å². The molecule has 0 aliphatic heterocycles. The molecule has 0 unspecified atom stereocenters. The minimum absolute atomic E-state index is 0.320. The maximum atomic E-state index is 11.4. The fourth-order valence-corrected chi connectivity index (χ4v) is 1.97. The SMILES string of the molecule is CCCCCc1nc2ccc(C(=O)OC)cc2[nH]1. The molecule has 1 heterocycles. The van der Waals surface area contributed by atoms with Crippen LogP contribution in [0.15, 0.2) is 18.2 Å². The maximum absolute atomic E-state index is 11.4. The monoisotopic (exact) mass is 246 g/mol. The van der Waals surface area contributed by atoms with Crippen molar-refractivity contribution in [3.05, 3.63) is 29.6 Å². The van der Waals surface area contributed by atoms with Crippen molar-refractivity contribution in [2.24, 2.45) is 0 Å². The van der Waals surface area contributed by atoms with Crippen LogP contribution in [-0.4, -0.2) is 23.0 Å². The zero-order chi connectivity index (χ0) is 13.0. The molecule has 18 heavy (non-hydrogen) atoms. The number of benzene rings is 1. The standard InChI is InChI=1S/C14H18N2O2/c1-3-4-5-6-13-15-11-8-7-10(14(17)18-2)9-12(11)16-13/h7-9H,3-6H2,1-2H3,(H,15,16). The van der Waals surface area contributed by atoms with Crippen molar-refractivity contribution < 1.29 is 9.53 Å². The van der Waals surface area contributed by atoms with Gasteiger partial charge in [-0.15, -0.1) is 0 Å². The molecule has 0 aliphatic carbocycles. The van der Waals surface area contributed by atoms with Gasteiger partial charge in [0.05, 0.1) is 23.7 Å². The fourth-order valence-electron chi connectivity index (χ4n) is 1.97. The van der Waals surface area contributed by atoms with E-state index in [1.54, 1.807) is 12.1 Å². The second kappa shape index (κ2) is 5.67. The van der Waals surface area contributed by atoms with E-state index < -0.39 is 0 Å². The Kier molecular flexibility index (Phi) is 3.97. The molecular formula is C14H18N2O2. The van der Waals surface area contributed by atoms with Crippen LogP contribution in [0.4, 0.5) is 0 Å². The second-order valence-corrected chi connectivity index (χ2v) is 4.36. The highest BCUT2D eigenvalue weighted by Crippen LogP contribution is 2.15. The van der Waals surface area contributed by atoms with Crippen LogP contribution in [0, 0.1) is 0 Å². The molecule has 1 N–H and O–H groups in total. The van der Waals surface area contributed by atoms with Crippen molar-refractivity contribution in [3.8, 4) is 0 Å². The number of aromatic amines is 1. The molecule has 2 rings (SSSR count). The molecule has 0 spiro atoms. The van der Waals surface area contributed by atoms with E-state index in [1.165, 1.54) is 20.0 Å². The quantitative estimate of drug-likeness (QED) is 0.651. The van der Waals surface area contributed by atoms with E-state index in [0.717, 1.165) is 29.7 Å². The number of rotatable bonds is 5. The molecule has 2 aromatic rings. The van der Waals surface area contributed by atoms with Crippen LogP contribution in [-0.2, 0) is 11.2 Å². The molecule has 0 fully saturated rings. The first-order valence-corrected chi connectivity index (χ1v) is 6.31. The van der Waals surface area contributed by atoms with Crippen LogP contribution in [0.3, 0.4) is 0 Å². The second-order valence-electron chi connectivity index (χ2n) is 4.36. The molecule has 4 nitrogen and oxygen atoms in total. The number of nitrogens with one attached hydrogen (secondary N) is 1. The Morgan fingerprint density at radius 1 is 1.39 bits per heavy atom. The number of carbonyl (C=O) groups is 1. The first-order chi connectivity index (χ1) is 8.74. The number of carbonyl (C=O) groups excluding carboxylic acids is 1. The molecule has 0 saturated heterocycles. The summed E-state index contributed by atoms with van der Waals surface area (Å²) >= 11 is 0. The van der Waals surface area contributed by atoms with Crippen molar-refractivity contribution in [2.45, 2.75) is 32.6 Å². The summed E-state index contributed by atoms with van der Waals surface area (Å²) in [5.74, 6) is 0.666. The Morgan fingerprint density at radius 2 is 2.22 bits per heavy atom. The third-order valence-electron chi connectivity index (χ3n) is 2.97. The van der Waals surface area contributed by atoms with Gasteiger partial charge in [0.25, 0.3) is 0 Å². The van der Waals surface area contributed by atoms with Gasteiger partial charge in [0.15, 0.2) is 0 Å². The van der Waals surface area contributed by atoms with Crippen LogP contribution in [0.25, 0.3) is 11.0 Å². The van der Waals surface area contributed by atoms with Crippen molar-refractivity contribution in [1.82, 2.24) is 9.97 Å². The zero-order valence-electron chi connectivity index (χ0n) is 10.8.